The lowest BCUT2D eigenvalue weighted by Gasteiger charge is -2.17. The topological polar surface area (TPSA) is 78.4 Å². The first kappa shape index (κ1) is 23.7. The quantitative estimate of drug-likeness (QED) is 0.295. The van der Waals surface area contributed by atoms with Gasteiger partial charge in [0.05, 0.1) is 33.9 Å². The SMILES string of the molecule is C[Si](C)(C)CCOCn1c(-c2ccc(OC(F)F)c(OC3CC3)c2)c(Cl)c2c(=O)[nH]ncc21. The molecule has 1 aliphatic carbocycles. The molecule has 3 aromatic rings. The molecule has 1 fully saturated rings. The first-order chi connectivity index (χ1) is 15.6. The van der Waals surface area contributed by atoms with E-state index in [1.165, 1.54) is 12.3 Å². The molecule has 4 rings (SSSR count). The Hall–Kier alpha value is -2.43. The number of H-pyrrole nitrogens is 1. The van der Waals surface area contributed by atoms with Crippen molar-refractivity contribution in [3.63, 3.8) is 0 Å². The van der Waals surface area contributed by atoms with Crippen LogP contribution in [0.5, 0.6) is 11.5 Å². The van der Waals surface area contributed by atoms with Gasteiger partial charge in [-0.3, -0.25) is 4.79 Å². The van der Waals surface area contributed by atoms with Crippen molar-refractivity contribution in [3.05, 3.63) is 39.8 Å². The van der Waals surface area contributed by atoms with Gasteiger partial charge >= 0.3 is 6.61 Å². The largest absolute Gasteiger partial charge is 0.487 e. The summed E-state index contributed by atoms with van der Waals surface area (Å²) >= 11 is 6.67. The van der Waals surface area contributed by atoms with Crippen molar-refractivity contribution in [3.8, 4) is 22.8 Å². The maximum atomic E-state index is 12.9. The molecule has 0 unspecified atom stereocenters. The molecule has 0 saturated heterocycles. The molecule has 0 radical (unpaired) electrons. The van der Waals surface area contributed by atoms with Gasteiger partial charge in [-0.25, -0.2) is 5.10 Å². The van der Waals surface area contributed by atoms with E-state index in [1.54, 1.807) is 16.7 Å². The minimum atomic E-state index is -2.98. The van der Waals surface area contributed by atoms with Gasteiger partial charge in [-0.15, -0.1) is 0 Å². The van der Waals surface area contributed by atoms with Gasteiger partial charge in [-0.2, -0.15) is 13.9 Å². The number of ether oxygens (including phenoxy) is 3. The molecule has 0 amide bonds. The summed E-state index contributed by atoms with van der Waals surface area (Å²) in [5.41, 5.74) is 1.19. The number of hydrogen-bond donors (Lipinski definition) is 1. The van der Waals surface area contributed by atoms with Crippen LogP contribution >= 0.6 is 11.6 Å². The van der Waals surface area contributed by atoms with E-state index in [-0.39, 0.29) is 34.7 Å². The van der Waals surface area contributed by atoms with Gasteiger partial charge in [0.1, 0.15) is 6.73 Å². The Labute approximate surface area is 195 Å². The average molecular weight is 498 g/mol. The number of aromatic amines is 1. The third-order valence-corrected chi connectivity index (χ3v) is 7.36. The Bertz CT molecular complexity index is 1200. The standard InChI is InChI=1S/C22H26ClF2N3O4Si/c1-33(2,3)9-8-30-12-28-15-11-26-27-21(29)18(15)19(23)20(28)13-4-7-16(32-22(24)25)17(10-13)31-14-5-6-14/h4,7,10-11,14,22H,5-6,8-9,12H2,1-3H3,(H,27,29). The molecule has 0 atom stereocenters. The van der Waals surface area contributed by atoms with Crippen LogP contribution in [0, 0.1) is 0 Å². The fourth-order valence-corrected chi connectivity index (χ4v) is 4.57. The fraction of sp³-hybridized carbons (Fsp3) is 0.455. The Morgan fingerprint density at radius 1 is 1.27 bits per heavy atom. The van der Waals surface area contributed by atoms with Crippen LogP contribution in [0.3, 0.4) is 0 Å². The zero-order chi connectivity index (χ0) is 23.8. The van der Waals surface area contributed by atoms with Crippen molar-refractivity contribution in [1.29, 1.82) is 0 Å². The van der Waals surface area contributed by atoms with Crippen LogP contribution in [-0.4, -0.2) is 42.2 Å². The van der Waals surface area contributed by atoms with E-state index in [0.717, 1.165) is 18.9 Å². The highest BCUT2D eigenvalue weighted by molar-refractivity contribution is 6.76. The summed E-state index contributed by atoms with van der Waals surface area (Å²) in [6.07, 6.45) is 3.19. The lowest BCUT2D eigenvalue weighted by Crippen LogP contribution is -2.22. The molecule has 1 aliphatic rings. The van der Waals surface area contributed by atoms with Crippen LogP contribution in [0.2, 0.25) is 30.7 Å². The molecule has 11 heteroatoms. The second-order valence-corrected chi connectivity index (χ2v) is 15.3. The summed E-state index contributed by atoms with van der Waals surface area (Å²) < 4.78 is 43.9. The van der Waals surface area contributed by atoms with Crippen molar-refractivity contribution < 1.29 is 23.0 Å². The number of fused-ring (bicyclic) bond motifs is 1. The first-order valence-electron chi connectivity index (χ1n) is 10.7. The highest BCUT2D eigenvalue weighted by Crippen LogP contribution is 2.41. The lowest BCUT2D eigenvalue weighted by atomic mass is 10.1. The number of hydrogen-bond acceptors (Lipinski definition) is 5. The average Bonchev–Trinajstić information content (AvgIpc) is 3.49. The van der Waals surface area contributed by atoms with Gasteiger partial charge in [0.25, 0.3) is 5.56 Å². The van der Waals surface area contributed by atoms with Crippen molar-refractivity contribution in [1.82, 2.24) is 14.8 Å². The lowest BCUT2D eigenvalue weighted by molar-refractivity contribution is -0.0516. The van der Waals surface area contributed by atoms with E-state index < -0.39 is 20.2 Å². The van der Waals surface area contributed by atoms with Crippen molar-refractivity contribution >= 4 is 30.6 Å². The first-order valence-corrected chi connectivity index (χ1v) is 14.8. The van der Waals surface area contributed by atoms with Gasteiger partial charge in [-0.1, -0.05) is 31.2 Å². The Balaban J connectivity index is 1.76. The summed E-state index contributed by atoms with van der Waals surface area (Å²) in [6.45, 7) is 4.53. The van der Waals surface area contributed by atoms with E-state index in [2.05, 4.69) is 34.6 Å². The van der Waals surface area contributed by atoms with E-state index >= 15 is 0 Å². The van der Waals surface area contributed by atoms with Gasteiger partial charge < -0.3 is 18.8 Å². The van der Waals surface area contributed by atoms with E-state index in [1.807, 2.05) is 0 Å². The van der Waals surface area contributed by atoms with Crippen LogP contribution in [0.4, 0.5) is 8.78 Å². The molecule has 0 bridgehead atoms. The number of nitrogens with zero attached hydrogens (tertiary/aromatic N) is 2. The number of alkyl halides is 2. The molecule has 2 aromatic heterocycles. The van der Waals surface area contributed by atoms with E-state index in [9.17, 15) is 13.6 Å². The third kappa shape index (κ3) is 5.56. The summed E-state index contributed by atoms with van der Waals surface area (Å²) in [4.78, 5) is 12.5. The van der Waals surface area contributed by atoms with Gasteiger partial charge in [-0.05, 0) is 37.1 Å². The molecule has 2 heterocycles. The van der Waals surface area contributed by atoms with Crippen LogP contribution in [-0.2, 0) is 11.5 Å². The van der Waals surface area contributed by atoms with Crippen molar-refractivity contribution in [2.24, 2.45) is 0 Å². The van der Waals surface area contributed by atoms with Crippen LogP contribution < -0.4 is 15.0 Å². The van der Waals surface area contributed by atoms with E-state index in [0.29, 0.717) is 23.4 Å². The molecule has 33 heavy (non-hydrogen) atoms. The summed E-state index contributed by atoms with van der Waals surface area (Å²) in [5.74, 6) is 0.153. The molecule has 1 N–H and O–H groups in total. The zero-order valence-electron chi connectivity index (χ0n) is 18.7. The van der Waals surface area contributed by atoms with Crippen LogP contribution in [0.25, 0.3) is 22.2 Å². The van der Waals surface area contributed by atoms with Crippen molar-refractivity contribution in [2.75, 3.05) is 6.61 Å². The number of nitrogens with one attached hydrogen (secondary N) is 1. The highest BCUT2D eigenvalue weighted by Gasteiger charge is 2.27. The summed E-state index contributed by atoms with van der Waals surface area (Å²) in [6, 6.07) is 5.62. The van der Waals surface area contributed by atoms with Crippen molar-refractivity contribution in [2.45, 2.75) is 58.0 Å². The molecular formula is C22H26ClF2N3O4Si. The van der Waals surface area contributed by atoms with Crippen LogP contribution in [0.1, 0.15) is 12.8 Å². The number of aromatic nitrogens is 3. The molecular weight excluding hydrogens is 472 g/mol. The predicted molar refractivity (Wildman–Crippen MR) is 125 cm³/mol. The minimum absolute atomic E-state index is 0.0291. The number of benzene rings is 1. The monoisotopic (exact) mass is 497 g/mol. The Morgan fingerprint density at radius 3 is 2.70 bits per heavy atom. The number of rotatable bonds is 10. The Kier molecular flexibility index (Phi) is 6.78. The molecule has 7 nitrogen and oxygen atoms in total. The van der Waals surface area contributed by atoms with E-state index in [4.69, 9.17) is 21.1 Å². The molecule has 0 aliphatic heterocycles. The maximum Gasteiger partial charge on any atom is 0.387 e. The molecule has 1 aromatic carbocycles. The molecule has 1 saturated carbocycles. The maximum absolute atomic E-state index is 12.9. The van der Waals surface area contributed by atoms with Gasteiger partial charge in [0.2, 0.25) is 0 Å². The smallest absolute Gasteiger partial charge is 0.387 e. The molecule has 178 valence electrons. The third-order valence-electron chi connectivity index (χ3n) is 5.29. The summed E-state index contributed by atoms with van der Waals surface area (Å²) in [7, 11) is -1.29. The summed E-state index contributed by atoms with van der Waals surface area (Å²) in [5, 5.41) is 6.82. The Morgan fingerprint density at radius 2 is 2.03 bits per heavy atom. The second-order valence-electron chi connectivity index (χ2n) is 9.26. The second kappa shape index (κ2) is 9.44. The van der Waals surface area contributed by atoms with Gasteiger partial charge in [0.15, 0.2) is 11.5 Å². The number of halogens is 3. The fourth-order valence-electron chi connectivity index (χ4n) is 3.42. The minimum Gasteiger partial charge on any atom is -0.487 e. The van der Waals surface area contributed by atoms with Gasteiger partial charge in [0, 0.05) is 20.2 Å². The normalized spacial score (nSPS) is 14.3. The molecule has 0 spiro atoms. The van der Waals surface area contributed by atoms with Crippen LogP contribution in [0.15, 0.2) is 29.2 Å². The zero-order valence-corrected chi connectivity index (χ0v) is 20.4. The highest BCUT2D eigenvalue weighted by atomic mass is 35.5. The predicted octanol–water partition coefficient (Wildman–Crippen LogP) is 5.50.